The Morgan fingerprint density at radius 3 is 2.50 bits per heavy atom. The first-order chi connectivity index (χ1) is 11.7. The standard InChI is InChI=1S/C17H16N2O5/c20-16(11-24-13-4-2-1-3-5-13)18-19-17(21)12-6-7-14-15(10-12)23-9-8-22-14/h1-7,10H,8-9,11H2,(H,18,20)(H,19,21). The van der Waals surface area contributed by atoms with Gasteiger partial charge in [0.15, 0.2) is 18.1 Å². The summed E-state index contributed by atoms with van der Waals surface area (Å²) in [5.74, 6) is 0.751. The van der Waals surface area contributed by atoms with Crippen LogP contribution < -0.4 is 25.1 Å². The van der Waals surface area contributed by atoms with Gasteiger partial charge in [-0.2, -0.15) is 0 Å². The minimum atomic E-state index is -0.468. The van der Waals surface area contributed by atoms with Gasteiger partial charge in [-0.3, -0.25) is 20.4 Å². The van der Waals surface area contributed by atoms with Crippen LogP contribution >= 0.6 is 0 Å². The summed E-state index contributed by atoms with van der Waals surface area (Å²) in [7, 11) is 0. The van der Waals surface area contributed by atoms with Crippen LogP contribution in [0.4, 0.5) is 0 Å². The fourth-order valence-electron chi connectivity index (χ4n) is 2.08. The molecule has 2 aromatic rings. The second-order valence-corrected chi connectivity index (χ2v) is 4.96. The number of carbonyl (C=O) groups excluding carboxylic acids is 2. The van der Waals surface area contributed by atoms with Crippen molar-refractivity contribution in [1.29, 1.82) is 0 Å². The largest absolute Gasteiger partial charge is 0.486 e. The molecule has 0 aromatic heterocycles. The number of carbonyl (C=O) groups is 2. The van der Waals surface area contributed by atoms with Gasteiger partial charge >= 0.3 is 0 Å². The van der Waals surface area contributed by atoms with Gasteiger partial charge in [-0.05, 0) is 30.3 Å². The number of para-hydroxylation sites is 1. The Morgan fingerprint density at radius 2 is 1.71 bits per heavy atom. The van der Waals surface area contributed by atoms with Crippen LogP contribution in [0.15, 0.2) is 48.5 Å². The Bertz CT molecular complexity index is 733. The Kier molecular flexibility index (Phi) is 4.81. The lowest BCUT2D eigenvalue weighted by Gasteiger charge is -2.18. The fourth-order valence-corrected chi connectivity index (χ4v) is 2.08. The third-order valence-electron chi connectivity index (χ3n) is 3.23. The highest BCUT2D eigenvalue weighted by atomic mass is 16.6. The molecule has 0 radical (unpaired) electrons. The van der Waals surface area contributed by atoms with Gasteiger partial charge in [0.25, 0.3) is 11.8 Å². The molecule has 2 aromatic carbocycles. The monoisotopic (exact) mass is 328 g/mol. The van der Waals surface area contributed by atoms with Crippen LogP contribution in [0.5, 0.6) is 17.2 Å². The zero-order valence-electron chi connectivity index (χ0n) is 12.8. The number of rotatable bonds is 4. The second-order valence-electron chi connectivity index (χ2n) is 4.96. The molecule has 1 aliphatic rings. The van der Waals surface area contributed by atoms with E-state index in [0.717, 1.165) is 0 Å². The van der Waals surface area contributed by atoms with Crippen molar-refractivity contribution in [3.05, 3.63) is 54.1 Å². The van der Waals surface area contributed by atoms with E-state index in [-0.39, 0.29) is 6.61 Å². The van der Waals surface area contributed by atoms with Gasteiger partial charge in [-0.15, -0.1) is 0 Å². The number of fused-ring (bicyclic) bond motifs is 1. The van der Waals surface area contributed by atoms with E-state index in [1.807, 2.05) is 6.07 Å². The minimum Gasteiger partial charge on any atom is -0.486 e. The zero-order chi connectivity index (χ0) is 16.8. The Hall–Kier alpha value is -3.22. The first-order valence-corrected chi connectivity index (χ1v) is 7.39. The van der Waals surface area contributed by atoms with E-state index in [0.29, 0.717) is 36.0 Å². The van der Waals surface area contributed by atoms with Crippen molar-refractivity contribution in [1.82, 2.24) is 10.9 Å². The molecule has 0 fully saturated rings. The molecule has 1 heterocycles. The number of amides is 2. The van der Waals surface area contributed by atoms with Gasteiger partial charge in [-0.1, -0.05) is 18.2 Å². The highest BCUT2D eigenvalue weighted by molar-refractivity contribution is 5.96. The molecule has 7 heteroatoms. The summed E-state index contributed by atoms with van der Waals surface area (Å²) in [6, 6.07) is 13.7. The lowest BCUT2D eigenvalue weighted by Crippen LogP contribution is -2.43. The van der Waals surface area contributed by atoms with Crippen molar-refractivity contribution >= 4 is 11.8 Å². The van der Waals surface area contributed by atoms with Crippen molar-refractivity contribution in [2.24, 2.45) is 0 Å². The number of hydrazine groups is 1. The SMILES string of the molecule is O=C(COc1ccccc1)NNC(=O)c1ccc2c(c1)OCCO2. The Balaban J connectivity index is 1.49. The molecule has 0 unspecified atom stereocenters. The van der Waals surface area contributed by atoms with Crippen LogP contribution in [0.2, 0.25) is 0 Å². The van der Waals surface area contributed by atoms with E-state index in [1.54, 1.807) is 42.5 Å². The predicted molar refractivity (Wildman–Crippen MR) is 85.0 cm³/mol. The highest BCUT2D eigenvalue weighted by Crippen LogP contribution is 2.30. The van der Waals surface area contributed by atoms with Crippen LogP contribution in [0.25, 0.3) is 0 Å². The minimum absolute atomic E-state index is 0.203. The molecule has 0 spiro atoms. The predicted octanol–water partition coefficient (Wildman–Crippen LogP) is 1.30. The highest BCUT2D eigenvalue weighted by Gasteiger charge is 2.15. The van der Waals surface area contributed by atoms with Gasteiger partial charge < -0.3 is 14.2 Å². The zero-order valence-corrected chi connectivity index (χ0v) is 12.8. The summed E-state index contributed by atoms with van der Waals surface area (Å²) in [4.78, 5) is 23.7. The van der Waals surface area contributed by atoms with Crippen molar-refractivity contribution in [3.8, 4) is 17.2 Å². The number of hydrogen-bond donors (Lipinski definition) is 2. The quantitative estimate of drug-likeness (QED) is 0.826. The first kappa shape index (κ1) is 15.7. The summed E-state index contributed by atoms with van der Waals surface area (Å²) >= 11 is 0. The average Bonchev–Trinajstić information content (AvgIpc) is 2.65. The van der Waals surface area contributed by atoms with Crippen molar-refractivity contribution in [3.63, 3.8) is 0 Å². The third-order valence-corrected chi connectivity index (χ3v) is 3.23. The normalized spacial score (nSPS) is 12.2. The molecule has 0 bridgehead atoms. The van der Waals surface area contributed by atoms with Crippen molar-refractivity contribution < 1.29 is 23.8 Å². The molecule has 7 nitrogen and oxygen atoms in total. The topological polar surface area (TPSA) is 85.9 Å². The Morgan fingerprint density at radius 1 is 0.958 bits per heavy atom. The summed E-state index contributed by atoms with van der Waals surface area (Å²) in [6.45, 7) is 0.715. The molecular formula is C17H16N2O5. The molecule has 0 atom stereocenters. The molecule has 1 aliphatic heterocycles. The number of benzene rings is 2. The van der Waals surface area contributed by atoms with E-state index in [1.165, 1.54) is 0 Å². The van der Waals surface area contributed by atoms with E-state index < -0.39 is 11.8 Å². The molecule has 0 saturated heterocycles. The molecule has 0 saturated carbocycles. The summed E-state index contributed by atoms with van der Waals surface area (Å²) in [5.41, 5.74) is 4.97. The van der Waals surface area contributed by atoms with E-state index >= 15 is 0 Å². The third kappa shape index (κ3) is 3.95. The fraction of sp³-hybridized carbons (Fsp3) is 0.176. The van der Waals surface area contributed by atoms with Crippen LogP contribution in [-0.4, -0.2) is 31.6 Å². The van der Waals surface area contributed by atoms with Crippen molar-refractivity contribution in [2.75, 3.05) is 19.8 Å². The summed E-state index contributed by atoms with van der Waals surface area (Å²) < 4.78 is 16.1. The number of hydrogen-bond acceptors (Lipinski definition) is 5. The maximum absolute atomic E-state index is 12.0. The summed E-state index contributed by atoms with van der Waals surface area (Å²) in [5, 5.41) is 0. The first-order valence-electron chi connectivity index (χ1n) is 7.39. The molecule has 2 amide bonds. The van der Waals surface area contributed by atoms with Crippen LogP contribution in [0, 0.1) is 0 Å². The molecule has 124 valence electrons. The Labute approximate surface area is 138 Å². The molecule has 3 rings (SSSR count). The van der Waals surface area contributed by atoms with Crippen LogP contribution in [0.3, 0.4) is 0 Å². The van der Waals surface area contributed by atoms with Gasteiger partial charge in [0.05, 0.1) is 0 Å². The van der Waals surface area contributed by atoms with Gasteiger partial charge in [-0.25, -0.2) is 0 Å². The molecular weight excluding hydrogens is 312 g/mol. The van der Waals surface area contributed by atoms with Crippen LogP contribution in [0.1, 0.15) is 10.4 Å². The van der Waals surface area contributed by atoms with E-state index in [9.17, 15) is 9.59 Å². The lowest BCUT2D eigenvalue weighted by atomic mass is 10.2. The molecule has 24 heavy (non-hydrogen) atoms. The molecule has 0 aliphatic carbocycles. The molecule has 2 N–H and O–H groups in total. The maximum atomic E-state index is 12.0. The van der Waals surface area contributed by atoms with Gasteiger partial charge in [0, 0.05) is 5.56 Å². The average molecular weight is 328 g/mol. The van der Waals surface area contributed by atoms with Gasteiger partial charge in [0.1, 0.15) is 19.0 Å². The van der Waals surface area contributed by atoms with E-state index in [2.05, 4.69) is 10.9 Å². The van der Waals surface area contributed by atoms with Crippen LogP contribution in [-0.2, 0) is 4.79 Å². The number of ether oxygens (including phenoxy) is 3. The van der Waals surface area contributed by atoms with Gasteiger partial charge in [0.2, 0.25) is 0 Å². The van der Waals surface area contributed by atoms with Crippen molar-refractivity contribution in [2.45, 2.75) is 0 Å². The van der Waals surface area contributed by atoms with E-state index in [4.69, 9.17) is 14.2 Å². The maximum Gasteiger partial charge on any atom is 0.276 e. The summed E-state index contributed by atoms with van der Waals surface area (Å²) in [6.07, 6.45) is 0. The number of nitrogens with one attached hydrogen (secondary N) is 2. The smallest absolute Gasteiger partial charge is 0.276 e. The lowest BCUT2D eigenvalue weighted by molar-refractivity contribution is -0.123. The second kappa shape index (κ2) is 7.36.